The molecule has 2 atom stereocenters. The van der Waals surface area contributed by atoms with Crippen molar-refractivity contribution in [3.63, 3.8) is 0 Å². The van der Waals surface area contributed by atoms with Gasteiger partial charge in [0.1, 0.15) is 6.54 Å². The largest absolute Gasteiger partial charge is 0.481 e. The van der Waals surface area contributed by atoms with Gasteiger partial charge < -0.3 is 14.6 Å². The van der Waals surface area contributed by atoms with Gasteiger partial charge in [-0.05, 0) is 24.5 Å². The maximum atomic E-state index is 12.5. The molecule has 0 bridgehead atoms. The lowest BCUT2D eigenvalue weighted by Gasteiger charge is -2.34. The number of carbonyl (C=O) groups is 2. The van der Waals surface area contributed by atoms with Crippen LogP contribution in [-0.2, 0) is 16.1 Å². The summed E-state index contributed by atoms with van der Waals surface area (Å²) in [4.78, 5) is 29.7. The molecule has 2 heterocycles. The first-order valence-electron chi connectivity index (χ1n) is 7.45. The number of para-hydroxylation sites is 2. The Morgan fingerprint density at radius 1 is 1.32 bits per heavy atom. The first-order valence-corrected chi connectivity index (χ1v) is 7.45. The summed E-state index contributed by atoms with van der Waals surface area (Å²) >= 11 is 0. The van der Waals surface area contributed by atoms with Crippen LogP contribution >= 0.6 is 0 Å². The number of piperidine rings is 1. The zero-order valence-corrected chi connectivity index (χ0v) is 12.5. The number of aliphatic carboxylic acids is 1. The van der Waals surface area contributed by atoms with Gasteiger partial charge in [-0.15, -0.1) is 0 Å². The van der Waals surface area contributed by atoms with Crippen LogP contribution in [0.1, 0.15) is 13.3 Å². The van der Waals surface area contributed by atoms with Crippen molar-refractivity contribution < 1.29 is 14.7 Å². The average molecular weight is 301 g/mol. The minimum Gasteiger partial charge on any atom is -0.481 e. The van der Waals surface area contributed by atoms with Crippen molar-refractivity contribution in [2.24, 2.45) is 11.8 Å². The molecule has 0 aliphatic carbocycles. The van der Waals surface area contributed by atoms with Crippen molar-refractivity contribution >= 4 is 22.9 Å². The Balaban J connectivity index is 1.75. The van der Waals surface area contributed by atoms with Gasteiger partial charge in [-0.2, -0.15) is 0 Å². The van der Waals surface area contributed by atoms with E-state index in [0.717, 1.165) is 11.0 Å². The van der Waals surface area contributed by atoms with Gasteiger partial charge >= 0.3 is 5.97 Å². The summed E-state index contributed by atoms with van der Waals surface area (Å²) < 4.78 is 1.81. The molecule has 1 aliphatic rings. The maximum Gasteiger partial charge on any atom is 0.308 e. The molecule has 1 aromatic heterocycles. The molecule has 0 saturated carbocycles. The maximum absolute atomic E-state index is 12.5. The Morgan fingerprint density at radius 3 is 2.86 bits per heavy atom. The summed E-state index contributed by atoms with van der Waals surface area (Å²) in [6, 6.07) is 7.65. The monoisotopic (exact) mass is 301 g/mol. The van der Waals surface area contributed by atoms with Gasteiger partial charge in [0.05, 0.1) is 23.3 Å². The highest BCUT2D eigenvalue weighted by molar-refractivity contribution is 5.81. The van der Waals surface area contributed by atoms with E-state index in [4.69, 9.17) is 0 Å². The lowest BCUT2D eigenvalue weighted by atomic mass is 9.90. The Kier molecular flexibility index (Phi) is 3.83. The van der Waals surface area contributed by atoms with Crippen LogP contribution in [0.5, 0.6) is 0 Å². The summed E-state index contributed by atoms with van der Waals surface area (Å²) in [6.07, 6.45) is 2.29. The third kappa shape index (κ3) is 2.81. The van der Waals surface area contributed by atoms with E-state index in [1.54, 1.807) is 11.2 Å². The Hall–Kier alpha value is -2.37. The molecular weight excluding hydrogens is 282 g/mol. The van der Waals surface area contributed by atoms with Crippen molar-refractivity contribution in [3.8, 4) is 0 Å². The fraction of sp³-hybridized carbons (Fsp3) is 0.438. The molecule has 6 nitrogen and oxygen atoms in total. The van der Waals surface area contributed by atoms with E-state index in [0.29, 0.717) is 19.5 Å². The van der Waals surface area contributed by atoms with Crippen molar-refractivity contribution in [2.45, 2.75) is 19.9 Å². The summed E-state index contributed by atoms with van der Waals surface area (Å²) in [5, 5.41) is 9.20. The fourth-order valence-corrected chi connectivity index (χ4v) is 3.12. The molecule has 1 aromatic carbocycles. The van der Waals surface area contributed by atoms with Gasteiger partial charge in [0, 0.05) is 13.1 Å². The topological polar surface area (TPSA) is 75.4 Å². The van der Waals surface area contributed by atoms with E-state index < -0.39 is 11.9 Å². The molecule has 116 valence electrons. The Bertz CT molecular complexity index is 709. The second-order valence-electron chi connectivity index (χ2n) is 6.04. The van der Waals surface area contributed by atoms with E-state index in [2.05, 4.69) is 4.98 Å². The summed E-state index contributed by atoms with van der Waals surface area (Å²) in [7, 11) is 0. The van der Waals surface area contributed by atoms with Crippen LogP contribution in [0.3, 0.4) is 0 Å². The quantitative estimate of drug-likeness (QED) is 0.934. The standard InChI is InChI=1S/C16H19N3O3/c1-11-6-12(16(21)22)8-18(7-11)15(20)9-19-10-17-13-4-2-3-5-14(13)19/h2-5,10-12H,6-9H2,1H3,(H,21,22). The van der Waals surface area contributed by atoms with Gasteiger partial charge in [0.15, 0.2) is 0 Å². The number of fused-ring (bicyclic) bond motifs is 1. The highest BCUT2D eigenvalue weighted by Gasteiger charge is 2.31. The molecule has 2 unspecified atom stereocenters. The lowest BCUT2D eigenvalue weighted by Crippen LogP contribution is -2.46. The fourth-order valence-electron chi connectivity index (χ4n) is 3.12. The molecule has 2 aromatic rings. The number of hydrogen-bond donors (Lipinski definition) is 1. The average Bonchev–Trinajstić information content (AvgIpc) is 2.90. The minimum atomic E-state index is -0.822. The van der Waals surface area contributed by atoms with Crippen LogP contribution in [0.2, 0.25) is 0 Å². The number of benzene rings is 1. The summed E-state index contributed by atoms with van der Waals surface area (Å²) in [5.74, 6) is -1.14. The van der Waals surface area contributed by atoms with Crippen molar-refractivity contribution in [1.82, 2.24) is 14.5 Å². The molecule has 0 radical (unpaired) electrons. The second kappa shape index (κ2) is 5.79. The molecule has 1 amide bonds. The third-order valence-corrected chi connectivity index (χ3v) is 4.19. The molecule has 3 rings (SSSR count). The summed E-state index contributed by atoms with van der Waals surface area (Å²) in [6.45, 7) is 3.10. The highest BCUT2D eigenvalue weighted by atomic mass is 16.4. The van der Waals surface area contributed by atoms with E-state index >= 15 is 0 Å². The number of likely N-dealkylation sites (tertiary alicyclic amines) is 1. The number of imidazole rings is 1. The minimum absolute atomic E-state index is 0.0547. The number of amides is 1. The summed E-state index contributed by atoms with van der Waals surface area (Å²) in [5.41, 5.74) is 1.77. The highest BCUT2D eigenvalue weighted by Crippen LogP contribution is 2.22. The van der Waals surface area contributed by atoms with E-state index in [9.17, 15) is 14.7 Å². The van der Waals surface area contributed by atoms with E-state index in [1.165, 1.54) is 0 Å². The van der Waals surface area contributed by atoms with Crippen LogP contribution in [0.25, 0.3) is 11.0 Å². The van der Waals surface area contributed by atoms with Crippen molar-refractivity contribution in [2.75, 3.05) is 13.1 Å². The van der Waals surface area contributed by atoms with Crippen LogP contribution in [-0.4, -0.2) is 44.5 Å². The molecule has 22 heavy (non-hydrogen) atoms. The number of rotatable bonds is 3. The van der Waals surface area contributed by atoms with Gasteiger partial charge in [-0.3, -0.25) is 9.59 Å². The number of carbonyl (C=O) groups excluding carboxylic acids is 1. The third-order valence-electron chi connectivity index (χ3n) is 4.19. The number of hydrogen-bond acceptors (Lipinski definition) is 3. The zero-order chi connectivity index (χ0) is 15.7. The molecule has 6 heteroatoms. The number of aromatic nitrogens is 2. The van der Waals surface area contributed by atoms with Crippen molar-refractivity contribution in [3.05, 3.63) is 30.6 Å². The van der Waals surface area contributed by atoms with Crippen LogP contribution in [0.4, 0.5) is 0 Å². The van der Waals surface area contributed by atoms with Crippen molar-refractivity contribution in [1.29, 1.82) is 0 Å². The Morgan fingerprint density at radius 2 is 2.09 bits per heavy atom. The SMILES string of the molecule is CC1CC(C(=O)O)CN(C(=O)Cn2cnc3ccccc32)C1. The van der Waals surface area contributed by atoms with Gasteiger partial charge in [0.25, 0.3) is 0 Å². The van der Waals surface area contributed by atoms with Crippen LogP contribution in [0.15, 0.2) is 30.6 Å². The molecule has 1 fully saturated rings. The number of carboxylic acids is 1. The normalized spacial score (nSPS) is 22.0. The van der Waals surface area contributed by atoms with E-state index in [-0.39, 0.29) is 18.4 Å². The molecule has 1 saturated heterocycles. The van der Waals surface area contributed by atoms with Crippen LogP contribution in [0, 0.1) is 11.8 Å². The molecular formula is C16H19N3O3. The first-order chi connectivity index (χ1) is 10.5. The molecule has 0 spiro atoms. The first kappa shape index (κ1) is 14.6. The predicted octanol–water partition coefficient (Wildman–Crippen LogP) is 1.61. The van der Waals surface area contributed by atoms with Crippen LogP contribution < -0.4 is 0 Å². The second-order valence-corrected chi connectivity index (χ2v) is 6.04. The van der Waals surface area contributed by atoms with Gasteiger partial charge in [-0.1, -0.05) is 19.1 Å². The zero-order valence-electron chi connectivity index (χ0n) is 12.5. The Labute approximate surface area is 128 Å². The van der Waals surface area contributed by atoms with Gasteiger partial charge in [0.2, 0.25) is 5.91 Å². The number of nitrogens with zero attached hydrogens (tertiary/aromatic N) is 3. The smallest absolute Gasteiger partial charge is 0.308 e. The lowest BCUT2D eigenvalue weighted by molar-refractivity contribution is -0.147. The number of carboxylic acid groups (broad SMARTS) is 1. The van der Waals surface area contributed by atoms with E-state index in [1.807, 2.05) is 35.8 Å². The predicted molar refractivity (Wildman–Crippen MR) is 81.2 cm³/mol. The molecule has 1 aliphatic heterocycles. The molecule has 1 N–H and O–H groups in total. The van der Waals surface area contributed by atoms with Gasteiger partial charge in [-0.25, -0.2) is 4.98 Å².